The van der Waals surface area contributed by atoms with Crippen molar-refractivity contribution in [2.75, 3.05) is 19.7 Å². The molecule has 0 aliphatic carbocycles. The summed E-state index contributed by atoms with van der Waals surface area (Å²) in [5.74, 6) is -0.579. The Morgan fingerprint density at radius 1 is 1.67 bits per heavy atom. The Morgan fingerprint density at radius 2 is 2.50 bits per heavy atom. The Kier molecular flexibility index (Phi) is 3.92. The molecule has 6 heteroatoms. The lowest BCUT2D eigenvalue weighted by Gasteiger charge is -2.17. The molecule has 1 rings (SSSR count). The van der Waals surface area contributed by atoms with Gasteiger partial charge in [-0.05, 0) is 0 Å². The normalized spacial score (nSPS) is 24.8. The maximum atomic E-state index is 10.8. The summed E-state index contributed by atoms with van der Waals surface area (Å²) in [6.07, 6.45) is -0.496. The van der Waals surface area contributed by atoms with E-state index in [1.165, 1.54) is 0 Å². The highest BCUT2D eigenvalue weighted by Crippen LogP contribution is 1.93. The number of hydrogen-bond acceptors (Lipinski definition) is 5. The molecule has 1 N–H and O–H groups in total. The smallest absolute Gasteiger partial charge is 0.412 e. The molecule has 0 aromatic heterocycles. The minimum absolute atomic E-state index is 0.252. The fourth-order valence-corrected chi connectivity index (χ4v) is 0.810. The van der Waals surface area contributed by atoms with Gasteiger partial charge in [0.1, 0.15) is 6.10 Å². The van der Waals surface area contributed by atoms with Gasteiger partial charge in [-0.1, -0.05) is 0 Å². The molecule has 0 spiro atoms. The van der Waals surface area contributed by atoms with E-state index in [1.54, 1.807) is 0 Å². The van der Waals surface area contributed by atoms with Gasteiger partial charge in [-0.15, -0.1) is 0 Å². The lowest BCUT2D eigenvalue weighted by atomic mass is 10.2. The molecule has 0 bridgehead atoms. The number of rotatable bonds is 2. The third-order valence-corrected chi connectivity index (χ3v) is 1.45. The van der Waals surface area contributed by atoms with Gasteiger partial charge < -0.3 is 14.6 Å². The van der Waals surface area contributed by atoms with Crippen LogP contribution in [0.2, 0.25) is 0 Å². The summed E-state index contributed by atoms with van der Waals surface area (Å²) < 4.78 is 9.67. The quantitative estimate of drug-likeness (QED) is 0.303. The van der Waals surface area contributed by atoms with E-state index in [0.29, 0.717) is 19.7 Å². The summed E-state index contributed by atoms with van der Waals surface area (Å²) >= 11 is 0. The van der Waals surface area contributed by atoms with Crippen LogP contribution >= 0.6 is 0 Å². The molecule has 0 aromatic carbocycles. The predicted molar refractivity (Wildman–Crippen MR) is 40.5 cm³/mol. The van der Waals surface area contributed by atoms with Crippen LogP contribution in [0.15, 0.2) is 0 Å². The molecule has 0 aromatic rings. The first-order valence-electron chi connectivity index (χ1n) is 3.63. The number of nitrogens with one attached hydrogen (secondary N) is 1. The average Bonchev–Trinajstić information content (AvgIpc) is 2.02. The molecule has 0 saturated carbocycles. The van der Waals surface area contributed by atoms with E-state index in [-0.39, 0.29) is 6.29 Å². The van der Waals surface area contributed by atoms with Crippen molar-refractivity contribution in [3.05, 3.63) is 0 Å². The number of aldehydes is 1. The summed E-state index contributed by atoms with van der Waals surface area (Å²) in [5.41, 5.74) is 0. The SMILES string of the molecule is O=CC(=O)C1CNCCO[B]O1. The van der Waals surface area contributed by atoms with Crippen molar-refractivity contribution in [2.45, 2.75) is 6.10 Å². The number of Topliss-reactive ketones (excluding diaryl/α,β-unsaturated/α-hetero) is 1. The van der Waals surface area contributed by atoms with Gasteiger partial charge in [-0.25, -0.2) is 0 Å². The van der Waals surface area contributed by atoms with Crippen molar-refractivity contribution < 1.29 is 18.9 Å². The zero-order valence-corrected chi connectivity index (χ0v) is 6.49. The van der Waals surface area contributed by atoms with Crippen LogP contribution in [-0.4, -0.2) is 45.6 Å². The molecule has 5 nitrogen and oxygen atoms in total. The monoisotopic (exact) mass is 170 g/mol. The molecule has 1 atom stereocenters. The highest BCUT2D eigenvalue weighted by atomic mass is 16.6. The molecule has 65 valence electrons. The summed E-state index contributed by atoms with van der Waals surface area (Å²) in [6, 6.07) is 0. The van der Waals surface area contributed by atoms with Crippen molar-refractivity contribution in [3.63, 3.8) is 0 Å². The van der Waals surface area contributed by atoms with Crippen LogP contribution in [0.3, 0.4) is 0 Å². The van der Waals surface area contributed by atoms with E-state index in [0.717, 1.165) is 7.69 Å². The molecule has 12 heavy (non-hydrogen) atoms. The van der Waals surface area contributed by atoms with Gasteiger partial charge in [0.25, 0.3) is 0 Å². The second-order valence-electron chi connectivity index (χ2n) is 2.32. The Morgan fingerprint density at radius 3 is 3.25 bits per heavy atom. The zero-order chi connectivity index (χ0) is 8.81. The van der Waals surface area contributed by atoms with Crippen molar-refractivity contribution in [3.8, 4) is 0 Å². The first kappa shape index (κ1) is 9.37. The minimum Gasteiger partial charge on any atom is -0.412 e. The molecule has 1 aliphatic heterocycles. The first-order valence-corrected chi connectivity index (χ1v) is 3.63. The zero-order valence-electron chi connectivity index (χ0n) is 6.49. The molecular formula is C6H9BNO4. The van der Waals surface area contributed by atoms with Crippen LogP contribution in [-0.2, 0) is 18.9 Å². The number of carbonyl (C=O) groups excluding carboxylic acids is 2. The fourth-order valence-electron chi connectivity index (χ4n) is 0.810. The van der Waals surface area contributed by atoms with Crippen LogP contribution in [0.25, 0.3) is 0 Å². The van der Waals surface area contributed by atoms with E-state index >= 15 is 0 Å². The van der Waals surface area contributed by atoms with Gasteiger partial charge in [-0.2, -0.15) is 0 Å². The molecule has 1 heterocycles. The van der Waals surface area contributed by atoms with Crippen molar-refractivity contribution in [2.24, 2.45) is 0 Å². The standard InChI is InChI=1S/C6H9BNO4/c9-4-5(10)6-3-8-1-2-11-7-12-6/h4,6,8H,1-3H2. The Bertz CT molecular complexity index is 167. The molecule has 1 saturated heterocycles. The third-order valence-electron chi connectivity index (χ3n) is 1.45. The van der Waals surface area contributed by atoms with E-state index in [2.05, 4.69) is 5.32 Å². The average molecular weight is 170 g/mol. The fraction of sp³-hybridized carbons (Fsp3) is 0.667. The number of hydrogen-bond donors (Lipinski definition) is 1. The highest BCUT2D eigenvalue weighted by Gasteiger charge is 2.19. The topological polar surface area (TPSA) is 64.6 Å². The first-order chi connectivity index (χ1) is 5.84. The van der Waals surface area contributed by atoms with E-state index in [9.17, 15) is 9.59 Å². The van der Waals surface area contributed by atoms with Gasteiger partial charge >= 0.3 is 7.69 Å². The number of ketones is 1. The van der Waals surface area contributed by atoms with Gasteiger partial charge in [0.2, 0.25) is 5.78 Å². The summed E-state index contributed by atoms with van der Waals surface area (Å²) in [4.78, 5) is 20.9. The maximum absolute atomic E-state index is 10.8. The Labute approximate surface area is 70.7 Å². The molecule has 1 unspecified atom stereocenters. The summed E-state index contributed by atoms with van der Waals surface area (Å²) in [7, 11) is 1.10. The van der Waals surface area contributed by atoms with Crippen LogP contribution in [0, 0.1) is 0 Å². The Balaban J connectivity index is 2.39. The number of carbonyl (C=O) groups is 2. The van der Waals surface area contributed by atoms with Gasteiger partial charge in [0.05, 0.1) is 0 Å². The lowest BCUT2D eigenvalue weighted by molar-refractivity contribution is -0.135. The second-order valence-corrected chi connectivity index (χ2v) is 2.32. The van der Waals surface area contributed by atoms with E-state index in [1.807, 2.05) is 0 Å². The van der Waals surface area contributed by atoms with Crippen molar-refractivity contribution in [1.82, 2.24) is 5.32 Å². The molecule has 1 aliphatic rings. The van der Waals surface area contributed by atoms with Crippen LogP contribution in [0.1, 0.15) is 0 Å². The third kappa shape index (κ3) is 2.73. The summed E-state index contributed by atoms with van der Waals surface area (Å²) in [5, 5.41) is 2.90. The predicted octanol–water partition coefficient (Wildman–Crippen LogP) is -1.71. The van der Waals surface area contributed by atoms with Crippen LogP contribution < -0.4 is 5.32 Å². The van der Waals surface area contributed by atoms with E-state index in [4.69, 9.17) is 9.31 Å². The minimum atomic E-state index is -0.747. The van der Waals surface area contributed by atoms with Crippen molar-refractivity contribution >= 4 is 19.8 Å². The van der Waals surface area contributed by atoms with Gasteiger partial charge in [0, 0.05) is 19.7 Å². The largest absolute Gasteiger partial charge is 0.488 e. The van der Waals surface area contributed by atoms with E-state index < -0.39 is 11.9 Å². The van der Waals surface area contributed by atoms with Crippen LogP contribution in [0.5, 0.6) is 0 Å². The molecule has 1 radical (unpaired) electrons. The molecular weight excluding hydrogens is 161 g/mol. The maximum Gasteiger partial charge on any atom is 0.488 e. The lowest BCUT2D eigenvalue weighted by Crippen LogP contribution is -2.41. The van der Waals surface area contributed by atoms with Crippen molar-refractivity contribution in [1.29, 1.82) is 0 Å². The van der Waals surface area contributed by atoms with Gasteiger partial charge in [0.15, 0.2) is 6.29 Å². The summed E-state index contributed by atoms with van der Waals surface area (Å²) in [6.45, 7) is 1.49. The molecule has 0 amide bonds. The van der Waals surface area contributed by atoms with Crippen LogP contribution in [0.4, 0.5) is 0 Å². The van der Waals surface area contributed by atoms with Gasteiger partial charge in [-0.3, -0.25) is 9.59 Å². The Hall–Kier alpha value is -0.715. The second kappa shape index (κ2) is 5.02. The molecule has 1 fully saturated rings. The highest BCUT2D eigenvalue weighted by molar-refractivity contribution is 6.29.